The smallest absolute Gasteiger partial charge is 0.0417 e. The molecule has 72 valence electrons. The molecule has 13 heavy (non-hydrogen) atoms. The van der Waals surface area contributed by atoms with Crippen LogP contribution in [0, 0.1) is 0 Å². The molecule has 0 heterocycles. The maximum absolute atomic E-state index is 5.90. The first-order valence-corrected chi connectivity index (χ1v) is 5.23. The Morgan fingerprint density at radius 1 is 1.46 bits per heavy atom. The lowest BCUT2D eigenvalue weighted by molar-refractivity contribution is 0.659. The van der Waals surface area contributed by atoms with E-state index in [1.165, 1.54) is 0 Å². The van der Waals surface area contributed by atoms with Crippen LogP contribution in [-0.2, 0) is 0 Å². The van der Waals surface area contributed by atoms with E-state index in [4.69, 9.17) is 23.1 Å². The van der Waals surface area contributed by atoms with Gasteiger partial charge in [0.1, 0.15) is 0 Å². The van der Waals surface area contributed by atoms with Gasteiger partial charge in [-0.1, -0.05) is 33.6 Å². The minimum absolute atomic E-state index is 0.0170. The third-order valence-corrected chi connectivity index (χ3v) is 2.76. The van der Waals surface area contributed by atoms with Crippen molar-refractivity contribution in [2.75, 3.05) is 6.54 Å². The molecule has 0 aromatic heterocycles. The van der Waals surface area contributed by atoms with E-state index in [0.717, 1.165) is 16.5 Å². The van der Waals surface area contributed by atoms with Crippen LogP contribution in [0.1, 0.15) is 18.0 Å². The van der Waals surface area contributed by atoms with E-state index in [1.807, 2.05) is 18.2 Å². The lowest BCUT2D eigenvalue weighted by Gasteiger charge is -2.12. The highest BCUT2D eigenvalue weighted by atomic mass is 79.9. The summed E-state index contributed by atoms with van der Waals surface area (Å²) in [6.07, 6.45) is 0.778. The molecule has 2 nitrogen and oxygen atoms in total. The molecule has 0 bridgehead atoms. The maximum atomic E-state index is 5.90. The van der Waals surface area contributed by atoms with Crippen LogP contribution in [-0.4, -0.2) is 6.54 Å². The average molecular weight is 264 g/mol. The number of hydrogen-bond donors (Lipinski definition) is 2. The Balaban J connectivity index is 2.88. The zero-order valence-corrected chi connectivity index (χ0v) is 9.48. The molecule has 0 spiro atoms. The third kappa shape index (κ3) is 2.95. The van der Waals surface area contributed by atoms with Gasteiger partial charge in [-0.15, -0.1) is 0 Å². The van der Waals surface area contributed by atoms with E-state index in [1.54, 1.807) is 0 Å². The predicted octanol–water partition coefficient (Wildman–Crippen LogP) is 2.45. The number of benzene rings is 1. The molecule has 0 aliphatic rings. The minimum atomic E-state index is -0.0170. The second-order valence-electron chi connectivity index (χ2n) is 2.85. The van der Waals surface area contributed by atoms with Crippen LogP contribution < -0.4 is 11.5 Å². The fourth-order valence-corrected chi connectivity index (χ4v) is 2.11. The van der Waals surface area contributed by atoms with Gasteiger partial charge in [0.2, 0.25) is 0 Å². The second-order valence-corrected chi connectivity index (χ2v) is 4.14. The van der Waals surface area contributed by atoms with Gasteiger partial charge in [-0.3, -0.25) is 0 Å². The molecule has 1 rings (SSSR count). The molecule has 0 fully saturated rings. The van der Waals surface area contributed by atoms with Crippen molar-refractivity contribution in [3.8, 4) is 0 Å². The van der Waals surface area contributed by atoms with Crippen molar-refractivity contribution in [2.45, 2.75) is 12.5 Å². The Hall–Kier alpha value is -0.0900. The topological polar surface area (TPSA) is 52.0 Å². The van der Waals surface area contributed by atoms with Crippen molar-refractivity contribution < 1.29 is 0 Å². The average Bonchev–Trinajstić information content (AvgIpc) is 2.04. The molecule has 0 saturated carbocycles. The monoisotopic (exact) mass is 262 g/mol. The Morgan fingerprint density at radius 2 is 2.15 bits per heavy atom. The Bertz CT molecular complexity index is 291. The number of nitrogens with two attached hydrogens (primary N) is 2. The molecule has 4 heteroatoms. The number of halogens is 2. The van der Waals surface area contributed by atoms with Crippen molar-refractivity contribution in [1.29, 1.82) is 0 Å². The van der Waals surface area contributed by atoms with Gasteiger partial charge in [-0.2, -0.15) is 0 Å². The van der Waals surface area contributed by atoms with Crippen LogP contribution in [0.25, 0.3) is 0 Å². The summed E-state index contributed by atoms with van der Waals surface area (Å²) in [4.78, 5) is 0. The Morgan fingerprint density at radius 3 is 2.69 bits per heavy atom. The summed E-state index contributed by atoms with van der Waals surface area (Å²) in [6, 6.07) is 5.58. The molecule has 0 radical (unpaired) electrons. The molecule has 1 atom stereocenters. The van der Waals surface area contributed by atoms with Crippen LogP contribution in [0.15, 0.2) is 22.7 Å². The quantitative estimate of drug-likeness (QED) is 0.880. The molecule has 0 unspecified atom stereocenters. The summed E-state index contributed by atoms with van der Waals surface area (Å²) in [5.41, 5.74) is 12.4. The second kappa shape index (κ2) is 4.96. The third-order valence-electron chi connectivity index (χ3n) is 1.84. The Labute approximate surface area is 91.4 Å². The minimum Gasteiger partial charge on any atom is -0.330 e. The first-order valence-electron chi connectivity index (χ1n) is 4.05. The van der Waals surface area contributed by atoms with Crippen molar-refractivity contribution in [1.82, 2.24) is 0 Å². The van der Waals surface area contributed by atoms with Crippen LogP contribution >= 0.6 is 27.5 Å². The van der Waals surface area contributed by atoms with Crippen LogP contribution in [0.5, 0.6) is 0 Å². The molecule has 0 aliphatic heterocycles. The van der Waals surface area contributed by atoms with E-state index in [2.05, 4.69) is 15.9 Å². The molecule has 1 aromatic carbocycles. The van der Waals surface area contributed by atoms with Gasteiger partial charge in [-0.05, 0) is 30.7 Å². The summed E-state index contributed by atoms with van der Waals surface area (Å²) in [5.74, 6) is 0. The van der Waals surface area contributed by atoms with Crippen LogP contribution in [0.2, 0.25) is 5.02 Å². The van der Waals surface area contributed by atoms with Crippen molar-refractivity contribution >= 4 is 27.5 Å². The highest BCUT2D eigenvalue weighted by Crippen LogP contribution is 2.26. The summed E-state index contributed by atoms with van der Waals surface area (Å²) in [6.45, 7) is 0.593. The van der Waals surface area contributed by atoms with E-state index in [9.17, 15) is 0 Å². The first-order chi connectivity index (χ1) is 6.15. The van der Waals surface area contributed by atoms with Gasteiger partial charge < -0.3 is 11.5 Å². The van der Waals surface area contributed by atoms with Gasteiger partial charge in [0.25, 0.3) is 0 Å². The van der Waals surface area contributed by atoms with Crippen molar-refractivity contribution in [3.05, 3.63) is 33.3 Å². The lowest BCUT2D eigenvalue weighted by atomic mass is 10.1. The fourth-order valence-electron chi connectivity index (χ4n) is 1.14. The van der Waals surface area contributed by atoms with E-state index in [-0.39, 0.29) is 6.04 Å². The van der Waals surface area contributed by atoms with E-state index < -0.39 is 0 Å². The van der Waals surface area contributed by atoms with E-state index in [0.29, 0.717) is 11.6 Å². The summed E-state index contributed by atoms with van der Waals surface area (Å²) in [7, 11) is 0. The zero-order valence-electron chi connectivity index (χ0n) is 7.13. The predicted molar refractivity (Wildman–Crippen MR) is 59.8 cm³/mol. The van der Waals surface area contributed by atoms with Gasteiger partial charge in [0.15, 0.2) is 0 Å². The van der Waals surface area contributed by atoms with Gasteiger partial charge in [0.05, 0.1) is 0 Å². The molecule has 0 aliphatic carbocycles. The summed E-state index contributed by atoms with van der Waals surface area (Å²) >= 11 is 9.22. The molecule has 4 N–H and O–H groups in total. The number of rotatable bonds is 3. The number of hydrogen-bond acceptors (Lipinski definition) is 2. The standard InChI is InChI=1S/C9H12BrClN2/c10-8-5-6(11)1-2-7(8)9(13)3-4-12/h1-2,5,9H,3-4,12-13H2/t9-/m1/s1. The largest absolute Gasteiger partial charge is 0.330 e. The Kier molecular flexibility index (Phi) is 4.19. The van der Waals surface area contributed by atoms with Gasteiger partial charge in [-0.25, -0.2) is 0 Å². The molecular formula is C9H12BrClN2. The molecule has 0 amide bonds. The first kappa shape index (κ1) is 11.0. The molecule has 0 saturated heterocycles. The maximum Gasteiger partial charge on any atom is 0.0417 e. The zero-order chi connectivity index (χ0) is 9.84. The fraction of sp³-hybridized carbons (Fsp3) is 0.333. The van der Waals surface area contributed by atoms with Crippen LogP contribution in [0.3, 0.4) is 0 Å². The summed E-state index contributed by atoms with van der Waals surface area (Å²) in [5, 5.41) is 0.704. The lowest BCUT2D eigenvalue weighted by Crippen LogP contribution is -2.15. The highest BCUT2D eigenvalue weighted by Gasteiger charge is 2.08. The van der Waals surface area contributed by atoms with E-state index >= 15 is 0 Å². The molecule has 1 aromatic rings. The SMILES string of the molecule is NCC[C@@H](N)c1ccc(Cl)cc1Br. The summed E-state index contributed by atoms with van der Waals surface area (Å²) < 4.78 is 0.945. The van der Waals surface area contributed by atoms with Crippen LogP contribution in [0.4, 0.5) is 0 Å². The van der Waals surface area contributed by atoms with Crippen molar-refractivity contribution in [2.24, 2.45) is 11.5 Å². The van der Waals surface area contributed by atoms with Gasteiger partial charge >= 0.3 is 0 Å². The molecular weight excluding hydrogens is 251 g/mol. The van der Waals surface area contributed by atoms with Gasteiger partial charge in [0, 0.05) is 15.5 Å². The highest BCUT2D eigenvalue weighted by molar-refractivity contribution is 9.10. The van der Waals surface area contributed by atoms with Crippen molar-refractivity contribution in [3.63, 3.8) is 0 Å². The normalized spacial score (nSPS) is 12.9.